The lowest BCUT2D eigenvalue weighted by Gasteiger charge is -2.15. The molecule has 21 heavy (non-hydrogen) atoms. The molecule has 3 heteroatoms. The van der Waals surface area contributed by atoms with E-state index >= 15 is 0 Å². The van der Waals surface area contributed by atoms with E-state index in [1.54, 1.807) is 0 Å². The van der Waals surface area contributed by atoms with Crippen molar-refractivity contribution in [1.82, 2.24) is 0 Å². The molecule has 0 aromatic heterocycles. The van der Waals surface area contributed by atoms with E-state index in [0.29, 0.717) is 6.04 Å². The number of carbonyl (C=O) groups is 1. The maximum Gasteiger partial charge on any atom is 0.221 e. The fraction of sp³-hybridized carbons (Fsp3) is 0.278. The number of benzene rings is 2. The van der Waals surface area contributed by atoms with E-state index in [2.05, 4.69) is 41.0 Å². The first-order chi connectivity index (χ1) is 10.1. The van der Waals surface area contributed by atoms with Crippen LogP contribution in [0.25, 0.3) is 0 Å². The van der Waals surface area contributed by atoms with E-state index in [-0.39, 0.29) is 5.91 Å². The van der Waals surface area contributed by atoms with E-state index in [9.17, 15) is 4.79 Å². The van der Waals surface area contributed by atoms with Gasteiger partial charge in [-0.15, -0.1) is 0 Å². The molecule has 1 aliphatic carbocycles. The quantitative estimate of drug-likeness (QED) is 0.903. The molecule has 0 unspecified atom stereocenters. The Balaban J connectivity index is 1.69. The number of fused-ring (bicyclic) bond motifs is 1. The lowest BCUT2D eigenvalue weighted by Crippen LogP contribution is -2.19. The van der Waals surface area contributed by atoms with Crippen molar-refractivity contribution < 1.29 is 4.79 Å². The molecule has 0 bridgehead atoms. The molecule has 0 heterocycles. The first-order valence-electron chi connectivity index (χ1n) is 7.33. The van der Waals surface area contributed by atoms with E-state index in [1.165, 1.54) is 18.1 Å². The average molecular weight is 280 g/mol. The lowest BCUT2D eigenvalue weighted by atomic mass is 10.1. The summed E-state index contributed by atoms with van der Waals surface area (Å²) in [5.41, 5.74) is 5.95. The van der Waals surface area contributed by atoms with Gasteiger partial charge in [-0.05, 0) is 54.7 Å². The number of amides is 1. The molecule has 1 aliphatic rings. The molecule has 1 amide bonds. The Morgan fingerprint density at radius 1 is 1.10 bits per heavy atom. The highest BCUT2D eigenvalue weighted by Gasteiger charge is 2.20. The molecular weight excluding hydrogens is 260 g/mol. The van der Waals surface area contributed by atoms with Crippen molar-refractivity contribution in [3.8, 4) is 0 Å². The number of anilines is 2. The van der Waals surface area contributed by atoms with Crippen LogP contribution >= 0.6 is 0 Å². The normalized spacial score (nSPS) is 13.8. The highest BCUT2D eigenvalue weighted by molar-refractivity contribution is 5.89. The number of hydrogen-bond acceptors (Lipinski definition) is 2. The van der Waals surface area contributed by atoms with E-state index in [1.807, 2.05) is 19.1 Å². The van der Waals surface area contributed by atoms with Crippen LogP contribution in [0.2, 0.25) is 0 Å². The molecule has 108 valence electrons. The minimum atomic E-state index is -0.0370. The fourth-order valence-corrected chi connectivity index (χ4v) is 2.98. The molecule has 3 rings (SSSR count). The monoisotopic (exact) mass is 280 g/mol. The van der Waals surface area contributed by atoms with Gasteiger partial charge in [-0.3, -0.25) is 4.79 Å². The Labute approximate surface area is 125 Å². The predicted molar refractivity (Wildman–Crippen MR) is 86.7 cm³/mol. The highest BCUT2D eigenvalue weighted by atomic mass is 16.1. The molecule has 0 spiro atoms. The van der Waals surface area contributed by atoms with Crippen molar-refractivity contribution in [1.29, 1.82) is 0 Å². The van der Waals surface area contributed by atoms with Crippen molar-refractivity contribution in [2.75, 3.05) is 10.6 Å². The van der Waals surface area contributed by atoms with Crippen LogP contribution in [-0.4, -0.2) is 11.9 Å². The molecule has 2 aromatic rings. The summed E-state index contributed by atoms with van der Waals surface area (Å²) in [5, 5.41) is 6.44. The van der Waals surface area contributed by atoms with Crippen molar-refractivity contribution in [2.24, 2.45) is 0 Å². The summed E-state index contributed by atoms with van der Waals surface area (Å²) >= 11 is 0. The molecule has 0 saturated heterocycles. The number of aryl methyl sites for hydroxylation is 1. The van der Waals surface area contributed by atoms with Gasteiger partial charge in [0.1, 0.15) is 0 Å². The van der Waals surface area contributed by atoms with Gasteiger partial charge in [-0.1, -0.05) is 24.3 Å². The number of hydrogen-bond donors (Lipinski definition) is 2. The number of rotatable bonds is 3. The Hall–Kier alpha value is -2.29. The first kappa shape index (κ1) is 13.7. The topological polar surface area (TPSA) is 41.1 Å². The summed E-state index contributed by atoms with van der Waals surface area (Å²) in [4.78, 5) is 11.1. The van der Waals surface area contributed by atoms with Crippen LogP contribution in [0.1, 0.15) is 23.6 Å². The highest BCUT2D eigenvalue weighted by Crippen LogP contribution is 2.26. The van der Waals surface area contributed by atoms with Crippen LogP contribution in [0.3, 0.4) is 0 Å². The average Bonchev–Trinajstić information content (AvgIpc) is 2.83. The molecule has 0 radical (unpaired) electrons. The summed E-state index contributed by atoms with van der Waals surface area (Å²) in [6.45, 7) is 3.54. The van der Waals surface area contributed by atoms with E-state index < -0.39 is 0 Å². The summed E-state index contributed by atoms with van der Waals surface area (Å²) in [5.74, 6) is -0.0370. The van der Waals surface area contributed by atoms with Gasteiger partial charge < -0.3 is 10.6 Å². The summed E-state index contributed by atoms with van der Waals surface area (Å²) in [6.07, 6.45) is 2.14. The fourth-order valence-electron chi connectivity index (χ4n) is 2.98. The van der Waals surface area contributed by atoms with Crippen LogP contribution in [0.15, 0.2) is 42.5 Å². The molecule has 0 aliphatic heterocycles. The van der Waals surface area contributed by atoms with Gasteiger partial charge in [0.15, 0.2) is 0 Å². The SMILES string of the molecule is CC(=O)Nc1ccc(NC2Cc3ccccc3C2)cc1C. The summed E-state index contributed by atoms with van der Waals surface area (Å²) < 4.78 is 0. The standard InChI is InChI=1S/C18H20N2O/c1-12-9-16(7-8-18(12)19-13(2)21)20-17-10-14-5-3-4-6-15(14)11-17/h3-9,17,20H,10-11H2,1-2H3,(H,19,21). The Bertz CT molecular complexity index is 654. The third kappa shape index (κ3) is 3.07. The zero-order valence-corrected chi connectivity index (χ0v) is 12.4. The second-order valence-electron chi connectivity index (χ2n) is 5.73. The van der Waals surface area contributed by atoms with Gasteiger partial charge in [0.2, 0.25) is 5.91 Å². The second kappa shape index (κ2) is 5.60. The van der Waals surface area contributed by atoms with Gasteiger partial charge in [0, 0.05) is 24.3 Å². The minimum Gasteiger partial charge on any atom is -0.382 e. The Morgan fingerprint density at radius 3 is 2.33 bits per heavy atom. The predicted octanol–water partition coefficient (Wildman–Crippen LogP) is 3.53. The van der Waals surface area contributed by atoms with Crippen LogP contribution < -0.4 is 10.6 Å². The van der Waals surface area contributed by atoms with Crippen molar-refractivity contribution in [2.45, 2.75) is 32.7 Å². The van der Waals surface area contributed by atoms with Crippen molar-refractivity contribution >= 4 is 17.3 Å². The summed E-state index contributed by atoms with van der Waals surface area (Å²) in [7, 11) is 0. The van der Waals surface area contributed by atoms with Gasteiger partial charge in [-0.2, -0.15) is 0 Å². The van der Waals surface area contributed by atoms with Gasteiger partial charge >= 0.3 is 0 Å². The largest absolute Gasteiger partial charge is 0.382 e. The molecule has 2 aromatic carbocycles. The number of nitrogens with one attached hydrogen (secondary N) is 2. The third-order valence-corrected chi connectivity index (χ3v) is 3.96. The van der Waals surface area contributed by atoms with E-state index in [4.69, 9.17) is 0 Å². The molecule has 3 nitrogen and oxygen atoms in total. The van der Waals surface area contributed by atoms with Crippen LogP contribution in [0, 0.1) is 6.92 Å². The Kier molecular flexibility index (Phi) is 3.65. The Morgan fingerprint density at radius 2 is 1.76 bits per heavy atom. The zero-order chi connectivity index (χ0) is 14.8. The second-order valence-corrected chi connectivity index (χ2v) is 5.73. The van der Waals surface area contributed by atoms with Crippen molar-refractivity contribution in [3.63, 3.8) is 0 Å². The van der Waals surface area contributed by atoms with Gasteiger partial charge in [0.05, 0.1) is 0 Å². The summed E-state index contributed by atoms with van der Waals surface area (Å²) in [6, 6.07) is 15.2. The maximum atomic E-state index is 11.1. The van der Waals surface area contributed by atoms with E-state index in [0.717, 1.165) is 29.8 Å². The zero-order valence-electron chi connectivity index (χ0n) is 12.4. The van der Waals surface area contributed by atoms with Gasteiger partial charge in [-0.25, -0.2) is 0 Å². The maximum absolute atomic E-state index is 11.1. The van der Waals surface area contributed by atoms with Gasteiger partial charge in [0.25, 0.3) is 0 Å². The molecule has 2 N–H and O–H groups in total. The lowest BCUT2D eigenvalue weighted by molar-refractivity contribution is -0.114. The molecule has 0 atom stereocenters. The molecule has 0 saturated carbocycles. The third-order valence-electron chi connectivity index (χ3n) is 3.96. The van der Waals surface area contributed by atoms with Crippen LogP contribution in [-0.2, 0) is 17.6 Å². The molecule has 0 fully saturated rings. The first-order valence-corrected chi connectivity index (χ1v) is 7.33. The van der Waals surface area contributed by atoms with Crippen LogP contribution in [0.4, 0.5) is 11.4 Å². The minimum absolute atomic E-state index is 0.0370. The number of carbonyl (C=O) groups excluding carboxylic acids is 1. The molecular formula is C18H20N2O. The van der Waals surface area contributed by atoms with Crippen LogP contribution in [0.5, 0.6) is 0 Å². The van der Waals surface area contributed by atoms with Crippen molar-refractivity contribution in [3.05, 3.63) is 59.2 Å². The smallest absolute Gasteiger partial charge is 0.221 e.